The SMILES string of the molecule is O=C1CCCC2=C1C(c1ccc(OS(=O)(=O)c3ccc(Cl)cc3)c(Br)c1)C1=C(CCCC1=O)O2. The Hall–Kier alpha value is -2.42. The smallest absolute Gasteiger partial charge is 0.339 e. The molecule has 2 aromatic carbocycles. The van der Waals surface area contributed by atoms with Crippen LogP contribution in [-0.2, 0) is 24.4 Å². The molecule has 2 aliphatic carbocycles. The molecule has 0 amide bonds. The largest absolute Gasteiger partial charge is 0.465 e. The highest BCUT2D eigenvalue weighted by Crippen LogP contribution is 2.48. The van der Waals surface area contributed by atoms with Crippen molar-refractivity contribution < 1.29 is 26.9 Å². The van der Waals surface area contributed by atoms with Gasteiger partial charge in [0.15, 0.2) is 17.3 Å². The molecule has 176 valence electrons. The zero-order valence-electron chi connectivity index (χ0n) is 18.0. The molecule has 5 rings (SSSR count). The van der Waals surface area contributed by atoms with E-state index in [9.17, 15) is 18.0 Å². The minimum Gasteiger partial charge on any atom is -0.465 e. The van der Waals surface area contributed by atoms with Crippen molar-refractivity contribution in [3.63, 3.8) is 0 Å². The summed E-state index contributed by atoms with van der Waals surface area (Å²) in [6.07, 6.45) is 3.59. The van der Waals surface area contributed by atoms with Crippen LogP contribution in [0.15, 0.2) is 74.5 Å². The summed E-state index contributed by atoms with van der Waals surface area (Å²) in [5.41, 5.74) is 1.78. The van der Waals surface area contributed by atoms with Crippen molar-refractivity contribution in [2.45, 2.75) is 49.3 Å². The molecule has 0 fully saturated rings. The summed E-state index contributed by atoms with van der Waals surface area (Å²) in [6, 6.07) is 10.6. The summed E-state index contributed by atoms with van der Waals surface area (Å²) in [7, 11) is -4.08. The lowest BCUT2D eigenvalue weighted by atomic mass is 9.73. The highest BCUT2D eigenvalue weighted by atomic mass is 79.9. The second kappa shape index (κ2) is 8.98. The van der Waals surface area contributed by atoms with Gasteiger partial charge in [-0.2, -0.15) is 8.42 Å². The monoisotopic (exact) mass is 562 g/mol. The van der Waals surface area contributed by atoms with Crippen molar-refractivity contribution in [1.82, 2.24) is 0 Å². The Morgan fingerprint density at radius 2 is 1.47 bits per heavy atom. The van der Waals surface area contributed by atoms with Gasteiger partial charge in [0.05, 0.1) is 4.47 Å². The Morgan fingerprint density at radius 1 is 0.882 bits per heavy atom. The minimum atomic E-state index is -4.08. The molecule has 0 unspecified atom stereocenters. The van der Waals surface area contributed by atoms with E-state index < -0.39 is 16.0 Å². The predicted molar refractivity (Wildman–Crippen MR) is 129 cm³/mol. The molecule has 1 aliphatic heterocycles. The molecular formula is C25H20BrClO6S. The zero-order valence-corrected chi connectivity index (χ0v) is 21.1. The lowest BCUT2D eigenvalue weighted by molar-refractivity contribution is -0.117. The summed E-state index contributed by atoms with van der Waals surface area (Å²) < 4.78 is 37.2. The van der Waals surface area contributed by atoms with E-state index in [1.165, 1.54) is 30.3 Å². The van der Waals surface area contributed by atoms with E-state index in [0.717, 1.165) is 12.8 Å². The molecule has 0 bridgehead atoms. The molecule has 0 aromatic heterocycles. The molecule has 34 heavy (non-hydrogen) atoms. The van der Waals surface area contributed by atoms with Gasteiger partial charge in [-0.1, -0.05) is 17.7 Å². The van der Waals surface area contributed by atoms with Gasteiger partial charge >= 0.3 is 10.1 Å². The van der Waals surface area contributed by atoms with Crippen molar-refractivity contribution in [2.75, 3.05) is 0 Å². The van der Waals surface area contributed by atoms with Crippen molar-refractivity contribution >= 4 is 49.2 Å². The van der Waals surface area contributed by atoms with Crippen LogP contribution in [0.4, 0.5) is 0 Å². The minimum absolute atomic E-state index is 0.0158. The Labute approximate surface area is 210 Å². The number of rotatable bonds is 4. The molecule has 6 nitrogen and oxygen atoms in total. The number of allylic oxidation sites excluding steroid dienone is 4. The molecule has 0 saturated carbocycles. The van der Waals surface area contributed by atoms with Crippen molar-refractivity contribution in [1.29, 1.82) is 0 Å². The summed E-state index contributed by atoms with van der Waals surface area (Å²) in [5.74, 6) is 0.834. The zero-order chi connectivity index (χ0) is 24.0. The first-order valence-corrected chi connectivity index (χ1v) is 13.5. The highest BCUT2D eigenvalue weighted by molar-refractivity contribution is 9.10. The molecule has 0 radical (unpaired) electrons. The van der Waals surface area contributed by atoms with E-state index in [0.29, 0.717) is 63.4 Å². The summed E-state index contributed by atoms with van der Waals surface area (Å²) in [5, 5.41) is 0.415. The fourth-order valence-electron chi connectivity index (χ4n) is 4.68. The first-order chi connectivity index (χ1) is 16.2. The van der Waals surface area contributed by atoms with E-state index in [1.54, 1.807) is 12.1 Å². The summed E-state index contributed by atoms with van der Waals surface area (Å²) >= 11 is 9.26. The third-order valence-electron chi connectivity index (χ3n) is 6.23. The van der Waals surface area contributed by atoms with Gasteiger partial charge in [0.1, 0.15) is 16.4 Å². The van der Waals surface area contributed by atoms with E-state index in [2.05, 4.69) is 15.9 Å². The van der Waals surface area contributed by atoms with Crippen LogP contribution in [0.2, 0.25) is 5.02 Å². The maximum Gasteiger partial charge on any atom is 0.339 e. The van der Waals surface area contributed by atoms with Crippen LogP contribution in [0.3, 0.4) is 0 Å². The predicted octanol–water partition coefficient (Wildman–Crippen LogP) is 6.00. The average Bonchev–Trinajstić information content (AvgIpc) is 2.80. The lowest BCUT2D eigenvalue weighted by Gasteiger charge is -2.36. The standard InChI is InChI=1S/C25H20BrClO6S/c26-17-13-14(7-12-20(17)33-34(30,31)16-10-8-15(27)9-11-16)23-24-18(28)3-1-5-21(24)32-22-6-2-4-19(29)25(22)23/h7-13,23H,1-6H2. The normalized spacial score (nSPS) is 19.0. The van der Waals surface area contributed by atoms with Gasteiger partial charge in [0.25, 0.3) is 0 Å². The van der Waals surface area contributed by atoms with Gasteiger partial charge in [-0.15, -0.1) is 0 Å². The van der Waals surface area contributed by atoms with Crippen molar-refractivity contribution in [3.05, 3.63) is 80.2 Å². The van der Waals surface area contributed by atoms with E-state index in [-0.39, 0.29) is 22.2 Å². The number of ketones is 2. The van der Waals surface area contributed by atoms with Crippen molar-refractivity contribution in [2.24, 2.45) is 0 Å². The molecule has 9 heteroatoms. The highest BCUT2D eigenvalue weighted by Gasteiger charge is 2.41. The molecule has 1 heterocycles. The van der Waals surface area contributed by atoms with Gasteiger partial charge in [0.2, 0.25) is 0 Å². The summed E-state index contributed by atoms with van der Waals surface area (Å²) in [6.45, 7) is 0. The molecule has 2 aromatic rings. The molecule has 3 aliphatic rings. The molecule has 0 N–H and O–H groups in total. The quantitative estimate of drug-likeness (QED) is 0.424. The third-order valence-corrected chi connectivity index (χ3v) is 8.35. The Morgan fingerprint density at radius 3 is 2.03 bits per heavy atom. The molecule has 0 saturated heterocycles. The average molecular weight is 564 g/mol. The second-order valence-corrected chi connectivity index (χ2v) is 11.3. The Balaban J connectivity index is 1.53. The van der Waals surface area contributed by atoms with Gasteiger partial charge in [-0.25, -0.2) is 0 Å². The number of halogens is 2. The first kappa shape index (κ1) is 23.3. The first-order valence-electron chi connectivity index (χ1n) is 10.9. The van der Waals surface area contributed by atoms with Crippen molar-refractivity contribution in [3.8, 4) is 5.75 Å². The fourth-order valence-corrected chi connectivity index (χ4v) is 6.34. The van der Waals surface area contributed by atoms with Gasteiger partial charge < -0.3 is 8.92 Å². The number of carbonyl (C=O) groups is 2. The van der Waals surface area contributed by atoms with E-state index in [4.69, 9.17) is 20.5 Å². The molecular weight excluding hydrogens is 544 g/mol. The molecule has 0 spiro atoms. The fraction of sp³-hybridized carbons (Fsp3) is 0.280. The van der Waals surface area contributed by atoms with Crippen LogP contribution in [0.1, 0.15) is 50.0 Å². The number of hydrogen-bond donors (Lipinski definition) is 0. The van der Waals surface area contributed by atoms with Crippen LogP contribution in [-0.4, -0.2) is 20.0 Å². The van der Waals surface area contributed by atoms with Crippen LogP contribution >= 0.6 is 27.5 Å². The van der Waals surface area contributed by atoms with Crippen LogP contribution in [0, 0.1) is 0 Å². The number of ether oxygens (including phenoxy) is 1. The number of hydrogen-bond acceptors (Lipinski definition) is 6. The van der Waals surface area contributed by atoms with Crippen LogP contribution in [0.5, 0.6) is 5.75 Å². The third kappa shape index (κ3) is 4.23. The number of carbonyl (C=O) groups excluding carboxylic acids is 2. The lowest BCUT2D eigenvalue weighted by Crippen LogP contribution is -2.30. The van der Waals surface area contributed by atoms with Crippen LogP contribution < -0.4 is 4.18 Å². The second-order valence-electron chi connectivity index (χ2n) is 8.44. The number of benzene rings is 2. The van der Waals surface area contributed by atoms with Gasteiger partial charge in [0, 0.05) is 47.8 Å². The topological polar surface area (TPSA) is 86.7 Å². The maximum absolute atomic E-state index is 12.9. The van der Waals surface area contributed by atoms with Gasteiger partial charge in [-0.3, -0.25) is 9.59 Å². The Bertz CT molecular complexity index is 1330. The van der Waals surface area contributed by atoms with E-state index in [1.807, 2.05) is 0 Å². The maximum atomic E-state index is 12.9. The number of Topliss-reactive ketones (excluding diaryl/α,β-unsaturated/α-hetero) is 2. The van der Waals surface area contributed by atoms with Crippen LogP contribution in [0.25, 0.3) is 0 Å². The van der Waals surface area contributed by atoms with Gasteiger partial charge in [-0.05, 0) is 70.7 Å². The Kier molecular flexibility index (Phi) is 6.16. The molecule has 0 atom stereocenters. The van der Waals surface area contributed by atoms with E-state index >= 15 is 0 Å². The summed E-state index contributed by atoms with van der Waals surface area (Å²) in [4.78, 5) is 25.8.